The van der Waals surface area contributed by atoms with E-state index < -0.39 is 5.82 Å². The topological polar surface area (TPSA) is 78.7 Å². The standard InChI is InChI=1S/C13H11FN4OS2/c1-20-3-2-11(19)18-13-10(5-15)17-12(21-13)8-4-9(14)7-16-6-8/h4,6-7H,2-3H2,1H3,(H,18,19). The third kappa shape index (κ3) is 4.00. The Hall–Kier alpha value is -1.98. The molecule has 2 rings (SSSR count). The second kappa shape index (κ2) is 7.15. The van der Waals surface area contributed by atoms with Gasteiger partial charge in [0, 0.05) is 23.9 Å². The Morgan fingerprint density at radius 2 is 2.38 bits per heavy atom. The van der Waals surface area contributed by atoms with Crippen LogP contribution in [0.5, 0.6) is 0 Å². The van der Waals surface area contributed by atoms with E-state index in [9.17, 15) is 9.18 Å². The molecule has 2 aromatic rings. The first kappa shape index (κ1) is 15.4. The van der Waals surface area contributed by atoms with Crippen LogP contribution in [0.4, 0.5) is 9.39 Å². The number of carbonyl (C=O) groups is 1. The lowest BCUT2D eigenvalue weighted by Crippen LogP contribution is -2.11. The van der Waals surface area contributed by atoms with Crippen LogP contribution in [0.2, 0.25) is 0 Å². The molecule has 21 heavy (non-hydrogen) atoms. The highest BCUT2D eigenvalue weighted by Crippen LogP contribution is 2.31. The van der Waals surface area contributed by atoms with Crippen LogP contribution in [-0.2, 0) is 4.79 Å². The molecular formula is C13H11FN4OS2. The van der Waals surface area contributed by atoms with E-state index in [4.69, 9.17) is 5.26 Å². The van der Waals surface area contributed by atoms with E-state index >= 15 is 0 Å². The fourth-order valence-electron chi connectivity index (χ4n) is 1.52. The van der Waals surface area contributed by atoms with Gasteiger partial charge < -0.3 is 5.32 Å². The maximum Gasteiger partial charge on any atom is 0.225 e. The number of carbonyl (C=O) groups excluding carboxylic acids is 1. The van der Waals surface area contributed by atoms with Crippen molar-refractivity contribution in [3.63, 3.8) is 0 Å². The van der Waals surface area contributed by atoms with Crippen LogP contribution in [0.1, 0.15) is 12.1 Å². The molecule has 0 aliphatic heterocycles. The number of nitrogens with one attached hydrogen (secondary N) is 1. The maximum absolute atomic E-state index is 13.2. The van der Waals surface area contributed by atoms with Crippen molar-refractivity contribution in [3.8, 4) is 16.6 Å². The Bertz CT molecular complexity index is 696. The molecular weight excluding hydrogens is 311 g/mol. The van der Waals surface area contributed by atoms with Crippen molar-refractivity contribution in [2.75, 3.05) is 17.3 Å². The summed E-state index contributed by atoms with van der Waals surface area (Å²) in [5, 5.41) is 12.6. The molecule has 0 aromatic carbocycles. The van der Waals surface area contributed by atoms with Crippen LogP contribution in [0, 0.1) is 17.1 Å². The molecule has 0 aliphatic carbocycles. The molecule has 2 heterocycles. The second-order valence-electron chi connectivity index (χ2n) is 3.99. The monoisotopic (exact) mass is 322 g/mol. The van der Waals surface area contributed by atoms with Crippen LogP contribution in [0.25, 0.3) is 10.6 Å². The summed E-state index contributed by atoms with van der Waals surface area (Å²) < 4.78 is 13.2. The fourth-order valence-corrected chi connectivity index (χ4v) is 2.82. The zero-order valence-electron chi connectivity index (χ0n) is 11.1. The summed E-state index contributed by atoms with van der Waals surface area (Å²) in [6.07, 6.45) is 4.83. The summed E-state index contributed by atoms with van der Waals surface area (Å²) in [5.74, 6) is 0.0490. The Labute approximate surface area is 129 Å². The average Bonchev–Trinajstić information content (AvgIpc) is 2.88. The molecule has 0 saturated heterocycles. The average molecular weight is 322 g/mol. The minimum absolute atomic E-state index is 0.122. The van der Waals surface area contributed by atoms with E-state index in [0.29, 0.717) is 27.7 Å². The van der Waals surface area contributed by atoms with Gasteiger partial charge in [0.05, 0.1) is 6.20 Å². The van der Waals surface area contributed by atoms with Crippen molar-refractivity contribution in [1.82, 2.24) is 9.97 Å². The molecule has 0 aliphatic rings. The highest BCUT2D eigenvalue weighted by atomic mass is 32.2. The molecule has 0 bridgehead atoms. The number of thioether (sulfide) groups is 1. The normalized spacial score (nSPS) is 10.1. The summed E-state index contributed by atoms with van der Waals surface area (Å²) in [7, 11) is 0. The van der Waals surface area contributed by atoms with Crippen LogP contribution in [0.3, 0.4) is 0 Å². The molecule has 2 aromatic heterocycles. The van der Waals surface area contributed by atoms with E-state index in [-0.39, 0.29) is 11.6 Å². The van der Waals surface area contributed by atoms with Gasteiger partial charge in [-0.05, 0) is 12.3 Å². The highest BCUT2D eigenvalue weighted by Gasteiger charge is 2.15. The Morgan fingerprint density at radius 3 is 3.05 bits per heavy atom. The number of thiazole rings is 1. The van der Waals surface area contributed by atoms with Gasteiger partial charge in [-0.2, -0.15) is 17.0 Å². The Morgan fingerprint density at radius 1 is 1.57 bits per heavy atom. The van der Waals surface area contributed by atoms with Gasteiger partial charge in [-0.1, -0.05) is 11.3 Å². The molecule has 1 N–H and O–H groups in total. The number of aromatic nitrogens is 2. The third-order valence-corrected chi connectivity index (χ3v) is 4.10. The van der Waals surface area contributed by atoms with Crippen LogP contribution >= 0.6 is 23.1 Å². The quantitative estimate of drug-likeness (QED) is 0.915. The maximum atomic E-state index is 13.2. The molecule has 1 amide bonds. The Balaban J connectivity index is 2.24. The molecule has 5 nitrogen and oxygen atoms in total. The lowest BCUT2D eigenvalue weighted by atomic mass is 10.3. The highest BCUT2D eigenvalue weighted by molar-refractivity contribution is 7.98. The molecule has 0 spiro atoms. The number of nitrogens with zero attached hydrogens (tertiary/aromatic N) is 3. The van der Waals surface area contributed by atoms with Gasteiger partial charge in [-0.25, -0.2) is 9.37 Å². The first-order valence-electron chi connectivity index (χ1n) is 5.94. The summed E-state index contributed by atoms with van der Waals surface area (Å²) in [5.41, 5.74) is 0.595. The first-order valence-corrected chi connectivity index (χ1v) is 8.15. The predicted octanol–water partition coefficient (Wildman–Crippen LogP) is 2.91. The smallest absolute Gasteiger partial charge is 0.225 e. The van der Waals surface area contributed by atoms with E-state index in [1.165, 1.54) is 12.3 Å². The van der Waals surface area contributed by atoms with Gasteiger partial charge in [-0.15, -0.1) is 0 Å². The molecule has 0 saturated carbocycles. The number of nitriles is 1. The largest absolute Gasteiger partial charge is 0.315 e. The van der Waals surface area contributed by atoms with Gasteiger partial charge >= 0.3 is 0 Å². The number of pyridine rings is 1. The lowest BCUT2D eigenvalue weighted by molar-refractivity contribution is -0.115. The van der Waals surface area contributed by atoms with Crippen LogP contribution in [0.15, 0.2) is 18.5 Å². The second-order valence-corrected chi connectivity index (χ2v) is 5.98. The van der Waals surface area contributed by atoms with E-state index in [1.807, 2.05) is 12.3 Å². The molecule has 0 atom stereocenters. The zero-order chi connectivity index (χ0) is 15.2. The van der Waals surface area contributed by atoms with E-state index in [2.05, 4.69) is 15.3 Å². The van der Waals surface area contributed by atoms with Gasteiger partial charge in [0.25, 0.3) is 0 Å². The van der Waals surface area contributed by atoms with Crippen molar-refractivity contribution in [3.05, 3.63) is 30.0 Å². The minimum atomic E-state index is -0.480. The van der Waals surface area contributed by atoms with Gasteiger partial charge in [-0.3, -0.25) is 9.78 Å². The van der Waals surface area contributed by atoms with E-state index in [1.54, 1.807) is 11.8 Å². The van der Waals surface area contributed by atoms with Gasteiger partial charge in [0.15, 0.2) is 5.69 Å². The zero-order valence-corrected chi connectivity index (χ0v) is 12.7. The van der Waals surface area contributed by atoms with E-state index in [0.717, 1.165) is 17.5 Å². The van der Waals surface area contributed by atoms with Crippen molar-refractivity contribution in [2.45, 2.75) is 6.42 Å². The lowest BCUT2D eigenvalue weighted by Gasteiger charge is -2.00. The summed E-state index contributed by atoms with van der Waals surface area (Å²) in [6, 6.07) is 3.21. The number of anilines is 1. The molecule has 0 unspecified atom stereocenters. The van der Waals surface area contributed by atoms with Crippen molar-refractivity contribution < 1.29 is 9.18 Å². The predicted molar refractivity (Wildman–Crippen MR) is 81.6 cm³/mol. The number of hydrogen-bond donors (Lipinski definition) is 1. The molecule has 0 fully saturated rings. The number of hydrogen-bond acceptors (Lipinski definition) is 6. The summed E-state index contributed by atoms with van der Waals surface area (Å²) in [4.78, 5) is 19.6. The number of amides is 1. The van der Waals surface area contributed by atoms with Gasteiger partial charge in [0.1, 0.15) is 21.9 Å². The Kier molecular flexibility index (Phi) is 5.25. The fraction of sp³-hybridized carbons (Fsp3) is 0.231. The first-order chi connectivity index (χ1) is 10.1. The van der Waals surface area contributed by atoms with Gasteiger partial charge in [0.2, 0.25) is 5.91 Å². The molecule has 8 heteroatoms. The molecule has 0 radical (unpaired) electrons. The minimum Gasteiger partial charge on any atom is -0.315 e. The van der Waals surface area contributed by atoms with Crippen molar-refractivity contribution >= 4 is 34.0 Å². The van der Waals surface area contributed by atoms with Crippen molar-refractivity contribution in [2.24, 2.45) is 0 Å². The van der Waals surface area contributed by atoms with Crippen molar-refractivity contribution in [1.29, 1.82) is 5.26 Å². The molecule has 108 valence electrons. The number of halogens is 1. The summed E-state index contributed by atoms with van der Waals surface area (Å²) >= 11 is 2.69. The van der Waals surface area contributed by atoms with Crippen LogP contribution in [-0.4, -0.2) is 27.9 Å². The number of rotatable bonds is 5. The summed E-state index contributed by atoms with van der Waals surface area (Å²) in [6.45, 7) is 0. The third-order valence-electron chi connectivity index (χ3n) is 2.47. The SMILES string of the molecule is CSCCC(=O)Nc1sc(-c2cncc(F)c2)nc1C#N. The van der Waals surface area contributed by atoms with Crippen LogP contribution < -0.4 is 5.32 Å².